The van der Waals surface area contributed by atoms with Gasteiger partial charge >= 0.3 is 12.1 Å². The largest absolute Gasteiger partial charge is 0.485 e. The Morgan fingerprint density at radius 1 is 1.11 bits per heavy atom. The summed E-state index contributed by atoms with van der Waals surface area (Å²) in [5, 5.41) is 13.6. The lowest BCUT2D eigenvalue weighted by atomic mass is 10.0. The molecule has 12 heteroatoms. The van der Waals surface area contributed by atoms with E-state index in [1.165, 1.54) is 4.90 Å². The molecule has 2 aromatic carbocycles. The lowest BCUT2D eigenvalue weighted by Crippen LogP contribution is -2.25. The van der Waals surface area contributed by atoms with Crippen LogP contribution in [0.15, 0.2) is 77.0 Å². The maximum Gasteiger partial charge on any atom is 0.433 e. The van der Waals surface area contributed by atoms with Crippen LogP contribution in [0, 0.1) is 5.92 Å². The molecule has 0 amide bonds. The Hall–Kier alpha value is -4.74. The SMILES string of the molecule is O=C(O)[C@H]1CN(c2nccc(C(F)(F)F)n2)C/C1=C\c1ccc(OCc2noc(-c3ccccc3)n2)cc1. The molecule has 0 aliphatic carbocycles. The van der Waals surface area contributed by atoms with Crippen LogP contribution in [0.1, 0.15) is 17.1 Å². The molecule has 1 saturated heterocycles. The first-order valence-electron chi connectivity index (χ1n) is 11.5. The molecule has 1 aliphatic rings. The quantitative estimate of drug-likeness (QED) is 0.367. The number of aromatic nitrogens is 4. The monoisotopic (exact) mass is 523 g/mol. The molecule has 194 valence electrons. The van der Waals surface area contributed by atoms with Crippen molar-refractivity contribution in [3.8, 4) is 17.2 Å². The van der Waals surface area contributed by atoms with E-state index in [0.717, 1.165) is 17.8 Å². The molecule has 0 saturated carbocycles. The minimum Gasteiger partial charge on any atom is -0.485 e. The minimum absolute atomic E-state index is 0.0423. The molecule has 1 N–H and O–H groups in total. The molecule has 38 heavy (non-hydrogen) atoms. The third-order valence-corrected chi connectivity index (χ3v) is 5.83. The summed E-state index contributed by atoms with van der Waals surface area (Å²) in [5.41, 5.74) is 0.941. The van der Waals surface area contributed by atoms with E-state index in [-0.39, 0.29) is 25.6 Å². The van der Waals surface area contributed by atoms with Gasteiger partial charge in [-0.3, -0.25) is 4.79 Å². The molecule has 0 spiro atoms. The highest BCUT2D eigenvalue weighted by atomic mass is 19.4. The summed E-state index contributed by atoms with van der Waals surface area (Å²) < 4.78 is 50.1. The molecular weight excluding hydrogens is 503 g/mol. The Balaban J connectivity index is 1.26. The van der Waals surface area contributed by atoms with Crippen LogP contribution in [0.5, 0.6) is 5.75 Å². The fourth-order valence-electron chi connectivity index (χ4n) is 3.96. The lowest BCUT2D eigenvalue weighted by Gasteiger charge is -2.16. The summed E-state index contributed by atoms with van der Waals surface area (Å²) in [6.45, 7) is 0.126. The van der Waals surface area contributed by atoms with Crippen molar-refractivity contribution in [3.63, 3.8) is 0 Å². The van der Waals surface area contributed by atoms with Gasteiger partial charge < -0.3 is 19.3 Å². The van der Waals surface area contributed by atoms with Gasteiger partial charge in [-0.05, 0) is 41.5 Å². The number of aliphatic carboxylic acids is 1. The van der Waals surface area contributed by atoms with Gasteiger partial charge in [0.2, 0.25) is 11.8 Å². The highest BCUT2D eigenvalue weighted by molar-refractivity contribution is 5.79. The zero-order chi connectivity index (χ0) is 26.7. The molecular formula is C26H20F3N5O4. The predicted molar refractivity (Wildman–Crippen MR) is 129 cm³/mol. The highest BCUT2D eigenvalue weighted by Gasteiger charge is 2.37. The first-order valence-corrected chi connectivity index (χ1v) is 11.5. The maximum atomic E-state index is 13.0. The molecule has 0 unspecified atom stereocenters. The third kappa shape index (κ3) is 5.64. The van der Waals surface area contributed by atoms with Gasteiger partial charge in [-0.25, -0.2) is 9.97 Å². The molecule has 3 heterocycles. The van der Waals surface area contributed by atoms with Gasteiger partial charge in [0, 0.05) is 24.8 Å². The topological polar surface area (TPSA) is 114 Å². The van der Waals surface area contributed by atoms with Crippen LogP contribution in [0.3, 0.4) is 0 Å². The lowest BCUT2D eigenvalue weighted by molar-refractivity contribution is -0.141. The highest BCUT2D eigenvalue weighted by Crippen LogP contribution is 2.31. The zero-order valence-corrected chi connectivity index (χ0v) is 19.7. The first kappa shape index (κ1) is 24.9. The van der Waals surface area contributed by atoms with Crippen molar-refractivity contribution in [3.05, 3.63) is 89.5 Å². The number of halogens is 3. The van der Waals surface area contributed by atoms with Gasteiger partial charge in [0.1, 0.15) is 11.4 Å². The fraction of sp³-hybridized carbons (Fsp3) is 0.192. The first-order chi connectivity index (χ1) is 18.3. The number of carboxylic acid groups (broad SMARTS) is 1. The Morgan fingerprint density at radius 3 is 2.58 bits per heavy atom. The van der Waals surface area contributed by atoms with Crippen LogP contribution in [-0.2, 0) is 17.6 Å². The summed E-state index contributed by atoms with van der Waals surface area (Å²) in [5.74, 6) is -0.863. The van der Waals surface area contributed by atoms with Crippen LogP contribution in [-0.4, -0.2) is 44.3 Å². The van der Waals surface area contributed by atoms with Crippen molar-refractivity contribution >= 4 is 18.0 Å². The van der Waals surface area contributed by atoms with Crippen LogP contribution in [0.4, 0.5) is 19.1 Å². The number of carboxylic acids is 1. The van der Waals surface area contributed by atoms with Crippen LogP contribution < -0.4 is 9.64 Å². The number of alkyl halides is 3. The molecule has 4 aromatic rings. The number of hydrogen-bond acceptors (Lipinski definition) is 8. The van der Waals surface area contributed by atoms with Crippen molar-refractivity contribution in [2.75, 3.05) is 18.0 Å². The van der Waals surface area contributed by atoms with E-state index in [4.69, 9.17) is 9.26 Å². The smallest absolute Gasteiger partial charge is 0.433 e. The standard InChI is InChI=1S/C26H20F3N5O4/c27-26(28,29)21-10-11-30-25(31-21)34-13-18(20(14-34)24(35)36)12-16-6-8-19(9-7-16)37-15-22-32-23(38-33-22)17-4-2-1-3-5-17/h1-12,20H,13-15H2,(H,35,36)/b18-12+/t20-/m0/s1. The van der Waals surface area contributed by atoms with Gasteiger partial charge in [-0.1, -0.05) is 41.6 Å². The summed E-state index contributed by atoms with van der Waals surface area (Å²) in [4.78, 5) is 25.1. The van der Waals surface area contributed by atoms with Crippen molar-refractivity contribution in [1.82, 2.24) is 20.1 Å². The Bertz CT molecular complexity index is 1460. The van der Waals surface area contributed by atoms with E-state index in [0.29, 0.717) is 28.6 Å². The number of anilines is 1. The number of rotatable bonds is 7. The molecule has 1 aliphatic heterocycles. The summed E-state index contributed by atoms with van der Waals surface area (Å²) >= 11 is 0. The van der Waals surface area contributed by atoms with E-state index in [2.05, 4.69) is 20.1 Å². The average molecular weight is 523 g/mol. The molecule has 0 bridgehead atoms. The van der Waals surface area contributed by atoms with E-state index < -0.39 is 23.8 Å². The molecule has 0 radical (unpaired) electrons. The normalized spacial score (nSPS) is 16.7. The van der Waals surface area contributed by atoms with Crippen molar-refractivity contribution < 1.29 is 32.3 Å². The second-order valence-electron chi connectivity index (χ2n) is 8.47. The summed E-state index contributed by atoms with van der Waals surface area (Å²) in [6, 6.07) is 17.0. The Labute approximate surface area is 214 Å². The summed E-state index contributed by atoms with van der Waals surface area (Å²) in [7, 11) is 0. The minimum atomic E-state index is -4.62. The van der Waals surface area contributed by atoms with Gasteiger partial charge in [-0.2, -0.15) is 18.2 Å². The van der Waals surface area contributed by atoms with E-state index in [1.54, 1.807) is 30.3 Å². The molecule has 1 fully saturated rings. The third-order valence-electron chi connectivity index (χ3n) is 5.83. The zero-order valence-electron chi connectivity index (χ0n) is 19.7. The number of ether oxygens (including phenoxy) is 1. The Kier molecular flexibility index (Phi) is 6.77. The van der Waals surface area contributed by atoms with Crippen LogP contribution in [0.2, 0.25) is 0 Å². The van der Waals surface area contributed by atoms with Crippen LogP contribution in [0.25, 0.3) is 17.5 Å². The predicted octanol–water partition coefficient (Wildman–Crippen LogP) is 4.73. The summed E-state index contributed by atoms with van der Waals surface area (Å²) in [6.07, 6.45) is -1.92. The molecule has 9 nitrogen and oxygen atoms in total. The average Bonchev–Trinajstić information content (AvgIpc) is 3.56. The van der Waals surface area contributed by atoms with Gasteiger partial charge in [0.15, 0.2) is 6.61 Å². The maximum absolute atomic E-state index is 13.0. The van der Waals surface area contributed by atoms with Crippen molar-refractivity contribution in [2.45, 2.75) is 12.8 Å². The number of hydrogen-bond donors (Lipinski definition) is 1. The second kappa shape index (κ2) is 10.3. The van der Waals surface area contributed by atoms with Gasteiger partial charge in [0.25, 0.3) is 5.89 Å². The Morgan fingerprint density at radius 2 is 1.87 bits per heavy atom. The molecule has 1 atom stereocenters. The van der Waals surface area contributed by atoms with E-state index in [9.17, 15) is 23.1 Å². The fourth-order valence-corrected chi connectivity index (χ4v) is 3.96. The van der Waals surface area contributed by atoms with Crippen LogP contribution >= 0.6 is 0 Å². The number of benzene rings is 2. The van der Waals surface area contributed by atoms with Gasteiger partial charge in [0.05, 0.1) is 5.92 Å². The molecule has 2 aromatic heterocycles. The van der Waals surface area contributed by atoms with E-state index >= 15 is 0 Å². The molecule has 5 rings (SSSR count). The van der Waals surface area contributed by atoms with Crippen molar-refractivity contribution in [1.29, 1.82) is 0 Å². The second-order valence-corrected chi connectivity index (χ2v) is 8.47. The van der Waals surface area contributed by atoms with Crippen molar-refractivity contribution in [2.24, 2.45) is 5.92 Å². The number of nitrogens with zero attached hydrogens (tertiary/aromatic N) is 5. The number of carbonyl (C=O) groups is 1. The van der Waals surface area contributed by atoms with Gasteiger partial charge in [-0.15, -0.1) is 0 Å². The van der Waals surface area contributed by atoms with E-state index in [1.807, 2.05) is 30.3 Å².